The molecule has 1 atom stereocenters. The molecule has 150 valence electrons. The minimum atomic E-state index is -0.0779. The van der Waals surface area contributed by atoms with Crippen molar-refractivity contribution in [2.45, 2.75) is 26.3 Å². The molecule has 3 aromatic carbocycles. The summed E-state index contributed by atoms with van der Waals surface area (Å²) in [5, 5.41) is 4.10. The summed E-state index contributed by atoms with van der Waals surface area (Å²) in [7, 11) is 0. The first kappa shape index (κ1) is 20.3. The zero-order chi connectivity index (χ0) is 21.1. The Labute approximate surface area is 185 Å². The van der Waals surface area contributed by atoms with Crippen molar-refractivity contribution in [1.82, 2.24) is 10.3 Å². The summed E-state index contributed by atoms with van der Waals surface area (Å²) in [4.78, 5) is 18.4. The van der Waals surface area contributed by atoms with E-state index in [-0.39, 0.29) is 11.9 Å². The number of carbonyl (C=O) groups is 1. The van der Waals surface area contributed by atoms with Crippen molar-refractivity contribution >= 4 is 32.7 Å². The molecule has 4 aromatic rings. The minimum Gasteiger partial charge on any atom is -0.345 e. The lowest BCUT2D eigenvalue weighted by molar-refractivity contribution is 0.0936. The van der Waals surface area contributed by atoms with Crippen molar-refractivity contribution in [3.8, 4) is 11.3 Å². The number of aromatic nitrogens is 1. The largest absolute Gasteiger partial charge is 0.345 e. The predicted molar refractivity (Wildman–Crippen MR) is 127 cm³/mol. The van der Waals surface area contributed by atoms with Crippen LogP contribution >= 0.6 is 15.9 Å². The molecule has 30 heavy (non-hydrogen) atoms. The molecule has 4 heteroatoms. The summed E-state index contributed by atoms with van der Waals surface area (Å²) in [6.07, 6.45) is 0.813. The highest BCUT2D eigenvalue weighted by atomic mass is 79.9. The van der Waals surface area contributed by atoms with Crippen molar-refractivity contribution in [1.29, 1.82) is 0 Å². The maximum atomic E-state index is 13.6. The fourth-order valence-corrected chi connectivity index (χ4v) is 4.20. The third kappa shape index (κ3) is 4.01. The second-order valence-corrected chi connectivity index (χ2v) is 8.25. The predicted octanol–water partition coefficient (Wildman–Crippen LogP) is 6.85. The standard InChI is InChI=1S/C26H23BrN2O/c1-3-22(18-10-6-4-7-11-18)29-26(30)24-17(2)25(19-12-8-5-9-13-19)28-23-15-14-20(27)16-21(23)24/h4-16,22H,3H2,1-2H3,(H,29,30). The molecule has 1 N–H and O–H groups in total. The molecule has 0 radical (unpaired) electrons. The van der Waals surface area contributed by atoms with E-state index in [1.165, 1.54) is 0 Å². The Hall–Kier alpha value is -2.98. The monoisotopic (exact) mass is 458 g/mol. The average Bonchev–Trinajstić information content (AvgIpc) is 2.78. The summed E-state index contributed by atoms with van der Waals surface area (Å²) in [5.74, 6) is -0.0779. The van der Waals surface area contributed by atoms with Gasteiger partial charge in [-0.05, 0) is 42.7 Å². The zero-order valence-electron chi connectivity index (χ0n) is 17.0. The first-order chi connectivity index (χ1) is 14.6. The molecule has 0 saturated carbocycles. The number of hydrogen-bond donors (Lipinski definition) is 1. The number of benzene rings is 3. The molecule has 0 bridgehead atoms. The van der Waals surface area contributed by atoms with Gasteiger partial charge < -0.3 is 5.32 Å². The van der Waals surface area contributed by atoms with E-state index in [1.807, 2.05) is 73.7 Å². The van der Waals surface area contributed by atoms with Crippen molar-refractivity contribution in [2.75, 3.05) is 0 Å². The molecule has 1 unspecified atom stereocenters. The lowest BCUT2D eigenvalue weighted by atomic mass is 9.96. The van der Waals surface area contributed by atoms with Crippen LogP contribution in [0.15, 0.2) is 83.3 Å². The quantitative estimate of drug-likeness (QED) is 0.355. The second-order valence-electron chi connectivity index (χ2n) is 7.33. The van der Waals surface area contributed by atoms with E-state index in [4.69, 9.17) is 4.98 Å². The molecule has 0 aliphatic carbocycles. The van der Waals surface area contributed by atoms with Gasteiger partial charge in [0.05, 0.1) is 22.8 Å². The van der Waals surface area contributed by atoms with Crippen molar-refractivity contribution < 1.29 is 4.79 Å². The first-order valence-corrected chi connectivity index (χ1v) is 10.9. The normalized spacial score (nSPS) is 12.0. The Morgan fingerprint density at radius 2 is 1.67 bits per heavy atom. The van der Waals surface area contributed by atoms with E-state index >= 15 is 0 Å². The van der Waals surface area contributed by atoms with Crippen LogP contribution in [0, 0.1) is 6.92 Å². The Bertz CT molecular complexity index is 1190. The molecule has 0 aliphatic rings. The second kappa shape index (κ2) is 8.80. The van der Waals surface area contributed by atoms with Crippen molar-refractivity contribution in [3.63, 3.8) is 0 Å². The average molecular weight is 459 g/mol. The number of fused-ring (bicyclic) bond motifs is 1. The van der Waals surface area contributed by atoms with Crippen molar-refractivity contribution in [3.05, 3.63) is 100 Å². The van der Waals surface area contributed by atoms with Gasteiger partial charge in [-0.3, -0.25) is 4.79 Å². The van der Waals surface area contributed by atoms with Crippen molar-refractivity contribution in [2.24, 2.45) is 0 Å². The van der Waals surface area contributed by atoms with Gasteiger partial charge in [0, 0.05) is 15.4 Å². The molecule has 3 nitrogen and oxygen atoms in total. The molecule has 0 spiro atoms. The van der Waals surface area contributed by atoms with Crippen LogP contribution in [0.2, 0.25) is 0 Å². The molecule has 1 amide bonds. The van der Waals surface area contributed by atoms with Crippen LogP contribution in [-0.4, -0.2) is 10.9 Å². The summed E-state index contributed by atoms with van der Waals surface area (Å²) in [6, 6.07) is 26.0. The lowest BCUT2D eigenvalue weighted by Gasteiger charge is -2.20. The van der Waals surface area contributed by atoms with Gasteiger partial charge in [0.2, 0.25) is 0 Å². The number of hydrogen-bond acceptors (Lipinski definition) is 2. The van der Waals surface area contributed by atoms with E-state index in [9.17, 15) is 4.79 Å². The number of nitrogens with one attached hydrogen (secondary N) is 1. The summed E-state index contributed by atoms with van der Waals surface area (Å²) in [5.41, 5.74) is 5.31. The highest BCUT2D eigenvalue weighted by Gasteiger charge is 2.21. The van der Waals surface area contributed by atoms with E-state index in [2.05, 4.69) is 40.3 Å². The topological polar surface area (TPSA) is 42.0 Å². The van der Waals surface area contributed by atoms with Gasteiger partial charge in [-0.25, -0.2) is 4.98 Å². The smallest absolute Gasteiger partial charge is 0.252 e. The summed E-state index contributed by atoms with van der Waals surface area (Å²) >= 11 is 3.55. The van der Waals surface area contributed by atoms with Gasteiger partial charge in [0.25, 0.3) is 5.91 Å². The maximum absolute atomic E-state index is 13.6. The Balaban J connectivity index is 1.85. The van der Waals surface area contributed by atoms with Gasteiger partial charge in [0.1, 0.15) is 0 Å². The Kier molecular flexibility index (Phi) is 5.96. The summed E-state index contributed by atoms with van der Waals surface area (Å²) in [6.45, 7) is 4.06. The minimum absolute atomic E-state index is 0.0476. The van der Waals surface area contributed by atoms with Crippen LogP contribution < -0.4 is 5.32 Å². The SMILES string of the molecule is CCC(NC(=O)c1c(C)c(-c2ccccc2)nc2ccc(Br)cc12)c1ccccc1. The van der Waals surface area contributed by atoms with E-state index in [0.29, 0.717) is 5.56 Å². The van der Waals surface area contributed by atoms with E-state index < -0.39 is 0 Å². The molecule has 1 aromatic heterocycles. The van der Waals surface area contributed by atoms with Gasteiger partial charge in [-0.15, -0.1) is 0 Å². The van der Waals surface area contributed by atoms with E-state index in [1.54, 1.807) is 0 Å². The Morgan fingerprint density at radius 1 is 1.00 bits per heavy atom. The molecule has 0 aliphatic heterocycles. The lowest BCUT2D eigenvalue weighted by Crippen LogP contribution is -2.29. The van der Waals surface area contributed by atoms with E-state index in [0.717, 1.165) is 44.2 Å². The zero-order valence-corrected chi connectivity index (χ0v) is 18.6. The van der Waals surface area contributed by atoms with Crippen LogP contribution in [0.1, 0.15) is 40.9 Å². The molecule has 0 saturated heterocycles. The van der Waals surface area contributed by atoms with Gasteiger partial charge in [-0.2, -0.15) is 0 Å². The molecular weight excluding hydrogens is 436 g/mol. The number of amides is 1. The summed E-state index contributed by atoms with van der Waals surface area (Å²) < 4.78 is 0.924. The first-order valence-electron chi connectivity index (χ1n) is 10.1. The van der Waals surface area contributed by atoms with Gasteiger partial charge in [-0.1, -0.05) is 83.5 Å². The fourth-order valence-electron chi connectivity index (χ4n) is 3.84. The Morgan fingerprint density at radius 3 is 2.33 bits per heavy atom. The van der Waals surface area contributed by atoms with Gasteiger partial charge >= 0.3 is 0 Å². The number of nitrogens with zero attached hydrogens (tertiary/aromatic N) is 1. The highest BCUT2D eigenvalue weighted by molar-refractivity contribution is 9.10. The third-order valence-electron chi connectivity index (χ3n) is 5.38. The number of halogens is 1. The van der Waals surface area contributed by atoms with Crippen LogP contribution in [0.4, 0.5) is 0 Å². The fraction of sp³-hybridized carbons (Fsp3) is 0.154. The maximum Gasteiger partial charge on any atom is 0.252 e. The molecule has 1 heterocycles. The van der Waals surface area contributed by atoms with Crippen LogP contribution in [0.3, 0.4) is 0 Å². The highest BCUT2D eigenvalue weighted by Crippen LogP contribution is 2.31. The third-order valence-corrected chi connectivity index (χ3v) is 5.87. The van der Waals surface area contributed by atoms with Crippen LogP contribution in [0.25, 0.3) is 22.2 Å². The molecule has 0 fully saturated rings. The van der Waals surface area contributed by atoms with Gasteiger partial charge in [0.15, 0.2) is 0 Å². The van der Waals surface area contributed by atoms with Crippen LogP contribution in [-0.2, 0) is 0 Å². The van der Waals surface area contributed by atoms with Crippen LogP contribution in [0.5, 0.6) is 0 Å². The number of pyridine rings is 1. The number of rotatable bonds is 5. The molecule has 4 rings (SSSR count). The number of carbonyl (C=O) groups excluding carboxylic acids is 1. The molecular formula is C26H23BrN2O.